The van der Waals surface area contributed by atoms with Gasteiger partial charge in [0.25, 0.3) is 5.91 Å². The van der Waals surface area contributed by atoms with E-state index in [4.69, 9.17) is 5.73 Å². The second-order valence-electron chi connectivity index (χ2n) is 6.10. The Morgan fingerprint density at radius 3 is 2.38 bits per heavy atom. The predicted molar refractivity (Wildman–Crippen MR) is 84.7 cm³/mol. The number of thiophene rings is 1. The van der Waals surface area contributed by atoms with Crippen molar-refractivity contribution in [2.75, 3.05) is 5.32 Å². The van der Waals surface area contributed by atoms with Gasteiger partial charge >= 0.3 is 0 Å². The molecule has 1 fully saturated rings. The Balaban J connectivity index is 1.89. The maximum absolute atomic E-state index is 12.2. The molecule has 5 heteroatoms. The smallest absolute Gasteiger partial charge is 0.251 e. The zero-order valence-corrected chi connectivity index (χ0v) is 13.1. The highest BCUT2D eigenvalue weighted by atomic mass is 32.1. The quantitative estimate of drug-likeness (QED) is 0.899. The van der Waals surface area contributed by atoms with E-state index in [-0.39, 0.29) is 11.8 Å². The normalized spacial score (nSPS) is 19.0. The summed E-state index contributed by atoms with van der Waals surface area (Å²) in [7, 11) is 0. The van der Waals surface area contributed by atoms with Crippen LogP contribution < -0.4 is 11.1 Å². The second kappa shape index (κ2) is 6.18. The van der Waals surface area contributed by atoms with Crippen LogP contribution in [0.15, 0.2) is 0 Å². The number of carbonyl (C=O) groups excluding carboxylic acids is 2. The first-order chi connectivity index (χ1) is 10.2. The zero-order chi connectivity index (χ0) is 14.8. The first kappa shape index (κ1) is 14.6. The van der Waals surface area contributed by atoms with Crippen molar-refractivity contribution in [1.29, 1.82) is 0 Å². The van der Waals surface area contributed by atoms with Gasteiger partial charge in [0.15, 0.2) is 0 Å². The minimum Gasteiger partial charge on any atom is -0.365 e. The first-order valence-electron chi connectivity index (χ1n) is 7.92. The molecule has 0 radical (unpaired) electrons. The lowest BCUT2D eigenvalue weighted by Gasteiger charge is -2.23. The third kappa shape index (κ3) is 2.98. The van der Waals surface area contributed by atoms with Crippen LogP contribution >= 0.6 is 11.3 Å². The van der Waals surface area contributed by atoms with E-state index < -0.39 is 5.91 Å². The number of fused-ring (bicyclic) bond motifs is 1. The maximum Gasteiger partial charge on any atom is 0.251 e. The van der Waals surface area contributed by atoms with Gasteiger partial charge < -0.3 is 11.1 Å². The van der Waals surface area contributed by atoms with Crippen LogP contribution in [0.2, 0.25) is 0 Å². The van der Waals surface area contributed by atoms with E-state index in [0.717, 1.165) is 50.5 Å². The minimum atomic E-state index is -0.406. The highest BCUT2D eigenvalue weighted by Gasteiger charge is 2.28. The maximum atomic E-state index is 12.2. The van der Waals surface area contributed by atoms with Crippen molar-refractivity contribution in [3.8, 4) is 0 Å². The number of hydrogen-bond donors (Lipinski definition) is 2. The van der Waals surface area contributed by atoms with E-state index in [1.165, 1.54) is 17.7 Å². The van der Waals surface area contributed by atoms with Gasteiger partial charge in [-0.2, -0.15) is 0 Å². The van der Waals surface area contributed by atoms with Crippen LogP contribution in [-0.2, 0) is 17.6 Å². The predicted octanol–water partition coefficient (Wildman–Crippen LogP) is 3.24. The average molecular weight is 306 g/mol. The third-order valence-corrected chi connectivity index (χ3v) is 5.84. The molecule has 2 amide bonds. The standard InChI is InChI=1S/C16H22N2O2S/c17-14(19)13-11-8-3-1-2-4-9-12(11)21-16(13)18-15(20)10-6-5-7-10/h10H,1-9H2,(H2,17,19)(H,18,20). The summed E-state index contributed by atoms with van der Waals surface area (Å²) >= 11 is 1.56. The third-order valence-electron chi connectivity index (χ3n) is 4.63. The molecule has 0 saturated heterocycles. The van der Waals surface area contributed by atoms with Crippen LogP contribution in [0.5, 0.6) is 0 Å². The van der Waals surface area contributed by atoms with Crippen molar-refractivity contribution in [3.63, 3.8) is 0 Å². The van der Waals surface area contributed by atoms with Crippen LogP contribution in [0.1, 0.15) is 65.7 Å². The summed E-state index contributed by atoms with van der Waals surface area (Å²) in [5.74, 6) is -0.231. The van der Waals surface area contributed by atoms with E-state index in [9.17, 15) is 9.59 Å². The Hall–Kier alpha value is -1.36. The lowest BCUT2D eigenvalue weighted by atomic mass is 9.85. The summed E-state index contributed by atoms with van der Waals surface area (Å²) in [5, 5.41) is 3.66. The highest BCUT2D eigenvalue weighted by molar-refractivity contribution is 7.17. The molecule has 0 unspecified atom stereocenters. The number of rotatable bonds is 3. The summed E-state index contributed by atoms with van der Waals surface area (Å²) in [6.45, 7) is 0. The molecule has 1 saturated carbocycles. The largest absolute Gasteiger partial charge is 0.365 e. The van der Waals surface area contributed by atoms with E-state index in [2.05, 4.69) is 5.32 Å². The molecule has 2 aliphatic carbocycles. The van der Waals surface area contributed by atoms with Crippen LogP contribution in [-0.4, -0.2) is 11.8 Å². The number of nitrogens with one attached hydrogen (secondary N) is 1. The van der Waals surface area contributed by atoms with Crippen LogP contribution in [0.25, 0.3) is 0 Å². The molecule has 21 heavy (non-hydrogen) atoms. The summed E-state index contributed by atoms with van der Waals surface area (Å²) in [4.78, 5) is 25.3. The summed E-state index contributed by atoms with van der Waals surface area (Å²) in [6, 6.07) is 0. The Morgan fingerprint density at radius 2 is 1.76 bits per heavy atom. The van der Waals surface area contributed by atoms with E-state index in [1.54, 1.807) is 11.3 Å². The van der Waals surface area contributed by atoms with Crippen molar-refractivity contribution < 1.29 is 9.59 Å². The number of anilines is 1. The summed E-state index contributed by atoms with van der Waals surface area (Å²) in [5.41, 5.74) is 7.26. The van der Waals surface area contributed by atoms with Crippen molar-refractivity contribution in [1.82, 2.24) is 0 Å². The fraction of sp³-hybridized carbons (Fsp3) is 0.625. The van der Waals surface area contributed by atoms with E-state index >= 15 is 0 Å². The van der Waals surface area contributed by atoms with Crippen molar-refractivity contribution >= 4 is 28.2 Å². The monoisotopic (exact) mass is 306 g/mol. The van der Waals surface area contributed by atoms with Crippen LogP contribution in [0.3, 0.4) is 0 Å². The fourth-order valence-corrected chi connectivity index (χ4v) is 4.45. The summed E-state index contributed by atoms with van der Waals surface area (Å²) < 4.78 is 0. The molecule has 4 nitrogen and oxygen atoms in total. The Bertz CT molecular complexity index is 561. The van der Waals surface area contributed by atoms with Gasteiger partial charge in [0.1, 0.15) is 5.00 Å². The van der Waals surface area contributed by atoms with Crippen molar-refractivity contribution in [2.45, 2.75) is 57.8 Å². The van der Waals surface area contributed by atoms with Gasteiger partial charge in [-0.3, -0.25) is 9.59 Å². The number of hydrogen-bond acceptors (Lipinski definition) is 3. The molecular weight excluding hydrogens is 284 g/mol. The topological polar surface area (TPSA) is 72.2 Å². The molecule has 0 atom stereocenters. The zero-order valence-electron chi connectivity index (χ0n) is 12.2. The number of amides is 2. The molecule has 114 valence electrons. The molecule has 0 bridgehead atoms. The Labute approximate surface area is 129 Å². The molecule has 3 N–H and O–H groups in total. The molecular formula is C16H22N2O2S. The van der Waals surface area contributed by atoms with E-state index in [1.807, 2.05) is 0 Å². The van der Waals surface area contributed by atoms with Gasteiger partial charge in [-0.05, 0) is 44.1 Å². The van der Waals surface area contributed by atoms with Gasteiger partial charge in [0.05, 0.1) is 5.56 Å². The SMILES string of the molecule is NC(=O)c1c(NC(=O)C2CCC2)sc2c1CCCCCC2. The number of aryl methyl sites for hydroxylation is 1. The average Bonchev–Trinajstić information content (AvgIpc) is 2.64. The highest BCUT2D eigenvalue weighted by Crippen LogP contribution is 2.38. The molecule has 1 heterocycles. The fourth-order valence-electron chi connectivity index (χ4n) is 3.15. The molecule has 0 aromatic carbocycles. The Morgan fingerprint density at radius 1 is 1.05 bits per heavy atom. The molecule has 3 rings (SSSR count). The number of nitrogens with two attached hydrogens (primary N) is 1. The molecule has 1 aromatic heterocycles. The van der Waals surface area contributed by atoms with Gasteiger partial charge in [0.2, 0.25) is 5.91 Å². The lowest BCUT2D eigenvalue weighted by Crippen LogP contribution is -2.28. The lowest BCUT2D eigenvalue weighted by molar-refractivity contribution is -0.122. The molecule has 0 spiro atoms. The van der Waals surface area contributed by atoms with Crippen molar-refractivity contribution in [2.24, 2.45) is 11.7 Å². The number of primary amides is 1. The van der Waals surface area contributed by atoms with Crippen LogP contribution in [0, 0.1) is 5.92 Å². The van der Waals surface area contributed by atoms with Gasteiger partial charge in [-0.25, -0.2) is 0 Å². The van der Waals surface area contributed by atoms with Gasteiger partial charge in [0, 0.05) is 10.8 Å². The Kier molecular flexibility index (Phi) is 4.29. The van der Waals surface area contributed by atoms with Crippen LogP contribution in [0.4, 0.5) is 5.00 Å². The van der Waals surface area contributed by atoms with Gasteiger partial charge in [-0.1, -0.05) is 19.3 Å². The van der Waals surface area contributed by atoms with E-state index in [0.29, 0.717) is 10.6 Å². The molecule has 0 aliphatic heterocycles. The second-order valence-corrected chi connectivity index (χ2v) is 7.21. The minimum absolute atomic E-state index is 0.0537. The number of carbonyl (C=O) groups is 2. The first-order valence-corrected chi connectivity index (χ1v) is 8.73. The molecule has 1 aromatic rings. The summed E-state index contributed by atoms with van der Waals surface area (Å²) in [6.07, 6.45) is 9.66. The van der Waals surface area contributed by atoms with Gasteiger partial charge in [-0.15, -0.1) is 11.3 Å². The molecule has 2 aliphatic rings. The van der Waals surface area contributed by atoms with Crippen molar-refractivity contribution in [3.05, 3.63) is 16.0 Å².